The molecule has 0 aromatic heterocycles. The molecule has 2 fully saturated rings. The van der Waals surface area contributed by atoms with E-state index in [4.69, 9.17) is 14.9 Å². The van der Waals surface area contributed by atoms with Crippen molar-refractivity contribution in [2.75, 3.05) is 50.8 Å². The maximum atomic E-state index is 12.5. The molecule has 3 amide bonds. The number of alkyl halides is 3. The van der Waals surface area contributed by atoms with E-state index in [0.29, 0.717) is 57.0 Å². The predicted molar refractivity (Wildman–Crippen MR) is 133 cm³/mol. The molecule has 1 aromatic carbocycles. The summed E-state index contributed by atoms with van der Waals surface area (Å²) in [4.78, 5) is 48.3. The number of para-hydroxylation sites is 2. The number of aliphatic hydroxyl groups excluding tert-OH is 1. The van der Waals surface area contributed by atoms with Crippen molar-refractivity contribution in [3.8, 4) is 5.75 Å². The Labute approximate surface area is 227 Å². The van der Waals surface area contributed by atoms with Crippen LogP contribution in [0.25, 0.3) is 0 Å². The largest absolute Gasteiger partial charge is 0.482 e. The molecule has 16 heteroatoms. The number of carboxylic acids is 2. The molecule has 2 saturated heterocycles. The first kappa shape index (κ1) is 32.3. The molecule has 2 aliphatic rings. The van der Waals surface area contributed by atoms with Crippen LogP contribution in [0.4, 0.5) is 23.7 Å². The Hall–Kier alpha value is -3.89. The van der Waals surface area contributed by atoms with E-state index in [1.807, 2.05) is 4.90 Å². The monoisotopic (exact) mass is 576 g/mol. The highest BCUT2D eigenvalue weighted by atomic mass is 19.4. The van der Waals surface area contributed by atoms with Gasteiger partial charge in [-0.1, -0.05) is 12.1 Å². The van der Waals surface area contributed by atoms with Crippen molar-refractivity contribution in [2.24, 2.45) is 0 Å². The van der Waals surface area contributed by atoms with E-state index >= 15 is 0 Å². The highest BCUT2D eigenvalue weighted by Crippen LogP contribution is 2.30. The maximum Gasteiger partial charge on any atom is 0.422 e. The molecule has 2 unspecified atom stereocenters. The Morgan fingerprint density at radius 3 is 2.20 bits per heavy atom. The van der Waals surface area contributed by atoms with Gasteiger partial charge in [-0.3, -0.25) is 14.6 Å². The minimum Gasteiger partial charge on any atom is -0.482 e. The van der Waals surface area contributed by atoms with Gasteiger partial charge < -0.3 is 35.4 Å². The topological polar surface area (TPSA) is 180 Å². The van der Waals surface area contributed by atoms with E-state index in [0.717, 1.165) is 11.8 Å². The molecule has 222 valence electrons. The third kappa shape index (κ3) is 9.69. The second kappa shape index (κ2) is 14.0. The van der Waals surface area contributed by atoms with Gasteiger partial charge in [0.05, 0.1) is 5.69 Å². The third-order valence-electron chi connectivity index (χ3n) is 5.91. The molecule has 0 aliphatic carbocycles. The number of carbonyl (C=O) groups is 4. The number of rotatable bonds is 9. The summed E-state index contributed by atoms with van der Waals surface area (Å²) in [5.74, 6) is -3.18. The normalized spacial score (nSPS) is 22.0. The Bertz CT molecular complexity index is 1070. The number of piperazine rings is 1. The standard InChI is InChI=1S/C20H27F3N4O5.C4H4O4/c1-19(31)16(28)24-18(30)27(17(19)29)8-4-7-25-9-11-26(12-10-25)14-5-2-3-6-15(14)32-13-20(21,22)23;5-3(6)1-2-4(7)8/h2-3,5-6,16,28,31H,4,7-13H2,1H3,(H,24,30);1-2H,(H,5,6)(H,7,8). The summed E-state index contributed by atoms with van der Waals surface area (Å²) < 4.78 is 42.5. The van der Waals surface area contributed by atoms with Gasteiger partial charge >= 0.3 is 24.1 Å². The number of carboxylic acid groups (broad SMARTS) is 2. The first-order chi connectivity index (χ1) is 18.6. The lowest BCUT2D eigenvalue weighted by molar-refractivity contribution is -0.165. The second-order valence-electron chi connectivity index (χ2n) is 9.02. The molecule has 2 heterocycles. The molecule has 1 aromatic rings. The van der Waals surface area contributed by atoms with E-state index in [1.54, 1.807) is 18.2 Å². The van der Waals surface area contributed by atoms with Crippen LogP contribution in [0, 0.1) is 0 Å². The minimum absolute atomic E-state index is 0.0852. The molecule has 0 spiro atoms. The highest BCUT2D eigenvalue weighted by Gasteiger charge is 2.48. The number of urea groups is 1. The third-order valence-corrected chi connectivity index (χ3v) is 5.91. The average molecular weight is 577 g/mol. The lowest BCUT2D eigenvalue weighted by Gasteiger charge is -2.39. The van der Waals surface area contributed by atoms with Gasteiger partial charge in [0.25, 0.3) is 5.91 Å². The lowest BCUT2D eigenvalue weighted by Crippen LogP contribution is -2.68. The number of amides is 3. The summed E-state index contributed by atoms with van der Waals surface area (Å²) in [6, 6.07) is 5.85. The Morgan fingerprint density at radius 1 is 1.07 bits per heavy atom. The first-order valence-electron chi connectivity index (χ1n) is 12.0. The van der Waals surface area contributed by atoms with Crippen LogP contribution >= 0.6 is 0 Å². The van der Waals surface area contributed by atoms with Crippen molar-refractivity contribution in [3.63, 3.8) is 0 Å². The maximum absolute atomic E-state index is 12.5. The van der Waals surface area contributed by atoms with E-state index < -0.39 is 48.5 Å². The summed E-state index contributed by atoms with van der Waals surface area (Å²) in [7, 11) is 0. The van der Waals surface area contributed by atoms with Crippen LogP contribution in [0.3, 0.4) is 0 Å². The number of ether oxygens (including phenoxy) is 1. The molecule has 0 bridgehead atoms. The van der Waals surface area contributed by atoms with Gasteiger partial charge in [0.15, 0.2) is 18.4 Å². The van der Waals surface area contributed by atoms with E-state index in [1.165, 1.54) is 6.07 Å². The molecule has 2 atom stereocenters. The van der Waals surface area contributed by atoms with Gasteiger partial charge in [-0.05, 0) is 32.0 Å². The number of halogens is 3. The molecule has 13 nitrogen and oxygen atoms in total. The fraction of sp³-hybridized carbons (Fsp3) is 0.500. The predicted octanol–water partition coefficient (Wildman–Crippen LogP) is 0.473. The van der Waals surface area contributed by atoms with Crippen LogP contribution in [0.15, 0.2) is 36.4 Å². The van der Waals surface area contributed by atoms with Gasteiger partial charge in [0.2, 0.25) is 0 Å². The number of nitrogens with zero attached hydrogens (tertiary/aromatic N) is 3. The van der Waals surface area contributed by atoms with Gasteiger partial charge in [-0.25, -0.2) is 14.4 Å². The van der Waals surface area contributed by atoms with Crippen LogP contribution in [-0.2, 0) is 14.4 Å². The van der Waals surface area contributed by atoms with Crippen LogP contribution in [0.5, 0.6) is 5.75 Å². The Kier molecular flexibility index (Phi) is 11.3. The van der Waals surface area contributed by atoms with Crippen LogP contribution in [0.2, 0.25) is 0 Å². The first-order valence-corrected chi connectivity index (χ1v) is 12.0. The summed E-state index contributed by atoms with van der Waals surface area (Å²) in [5, 5.41) is 37.5. The van der Waals surface area contributed by atoms with Crippen molar-refractivity contribution in [3.05, 3.63) is 36.4 Å². The molecule has 0 radical (unpaired) electrons. The van der Waals surface area contributed by atoms with Crippen molar-refractivity contribution < 1.29 is 57.5 Å². The summed E-state index contributed by atoms with van der Waals surface area (Å²) in [6.07, 6.45) is -4.49. The fourth-order valence-electron chi connectivity index (χ4n) is 3.83. The van der Waals surface area contributed by atoms with Crippen LogP contribution in [0.1, 0.15) is 13.3 Å². The smallest absolute Gasteiger partial charge is 0.422 e. The highest BCUT2D eigenvalue weighted by molar-refractivity contribution is 6.01. The lowest BCUT2D eigenvalue weighted by atomic mass is 10.0. The van der Waals surface area contributed by atoms with Crippen LogP contribution < -0.4 is 15.0 Å². The van der Waals surface area contributed by atoms with Gasteiger partial charge in [-0.2, -0.15) is 13.2 Å². The number of hydrogen-bond acceptors (Lipinski definition) is 9. The minimum atomic E-state index is -4.41. The van der Waals surface area contributed by atoms with E-state index in [2.05, 4.69) is 10.2 Å². The number of nitrogens with one attached hydrogen (secondary N) is 1. The zero-order chi connectivity index (χ0) is 30.1. The van der Waals surface area contributed by atoms with Crippen molar-refractivity contribution in [2.45, 2.75) is 31.3 Å². The summed E-state index contributed by atoms with van der Waals surface area (Å²) in [5.41, 5.74) is -1.48. The fourth-order valence-corrected chi connectivity index (χ4v) is 3.83. The summed E-state index contributed by atoms with van der Waals surface area (Å²) in [6.45, 7) is 2.91. The number of carbonyl (C=O) groups excluding carboxylic acids is 2. The number of aliphatic hydroxyl groups is 2. The molecule has 0 saturated carbocycles. The summed E-state index contributed by atoms with van der Waals surface area (Å²) >= 11 is 0. The quantitative estimate of drug-likeness (QED) is 0.258. The Morgan fingerprint density at radius 2 is 1.65 bits per heavy atom. The molecular weight excluding hydrogens is 545 g/mol. The molecule has 40 heavy (non-hydrogen) atoms. The molecular formula is C24H31F3N4O9. The number of anilines is 1. The van der Waals surface area contributed by atoms with Crippen molar-refractivity contribution in [1.82, 2.24) is 15.1 Å². The Balaban J connectivity index is 0.000000611. The SMILES string of the molecule is CC1(O)C(=O)N(CCCN2CCN(c3ccccc3OCC(F)(F)F)CC2)C(=O)NC1O.O=C(O)C=CC(=O)O. The van der Waals surface area contributed by atoms with Crippen molar-refractivity contribution in [1.29, 1.82) is 0 Å². The van der Waals surface area contributed by atoms with E-state index in [-0.39, 0.29) is 12.3 Å². The number of hydrogen-bond donors (Lipinski definition) is 5. The van der Waals surface area contributed by atoms with Gasteiger partial charge in [0.1, 0.15) is 5.75 Å². The molecule has 2 aliphatic heterocycles. The zero-order valence-corrected chi connectivity index (χ0v) is 21.5. The zero-order valence-electron chi connectivity index (χ0n) is 21.5. The van der Waals surface area contributed by atoms with Gasteiger partial charge in [0, 0.05) is 44.9 Å². The van der Waals surface area contributed by atoms with Crippen molar-refractivity contribution >= 4 is 29.6 Å². The number of imide groups is 1. The second-order valence-corrected chi connectivity index (χ2v) is 9.02. The number of aliphatic carboxylic acids is 2. The number of benzene rings is 1. The average Bonchev–Trinajstić information content (AvgIpc) is 2.88. The van der Waals surface area contributed by atoms with E-state index in [9.17, 15) is 42.6 Å². The van der Waals surface area contributed by atoms with Gasteiger partial charge in [-0.15, -0.1) is 0 Å². The molecule has 5 N–H and O–H groups in total. The molecule has 3 rings (SSSR count). The van der Waals surface area contributed by atoms with Crippen LogP contribution in [-0.4, -0.2) is 118 Å².